The molecule has 2 aromatic rings. The molecule has 0 aliphatic heterocycles. The summed E-state index contributed by atoms with van der Waals surface area (Å²) in [4.78, 5) is 12.3. The molecule has 0 atom stereocenters. The lowest BCUT2D eigenvalue weighted by Gasteiger charge is -2.16. The molecule has 1 amide bonds. The molecular weight excluding hydrogens is 305 g/mol. The highest BCUT2D eigenvalue weighted by atomic mass is 35.5. The Labute approximate surface area is 134 Å². The minimum Gasteiger partial charge on any atom is -0.321 e. The molecule has 0 saturated heterocycles. The number of nitrogens with one attached hydrogen (secondary N) is 1. The Morgan fingerprint density at radius 3 is 2.48 bits per heavy atom. The Hall–Kier alpha value is -1.51. The SMILES string of the molecule is O=C(Nc1ccc(Cl)cc1Cl)c1ccc2c(c1)CCCC2. The van der Waals surface area contributed by atoms with Gasteiger partial charge in [-0.15, -0.1) is 0 Å². The molecule has 21 heavy (non-hydrogen) atoms. The second kappa shape index (κ2) is 6.08. The van der Waals surface area contributed by atoms with Crippen LogP contribution in [0.4, 0.5) is 5.69 Å². The van der Waals surface area contributed by atoms with E-state index in [0.717, 1.165) is 12.8 Å². The summed E-state index contributed by atoms with van der Waals surface area (Å²) in [6.45, 7) is 0. The number of benzene rings is 2. The number of halogens is 2. The van der Waals surface area contributed by atoms with Crippen LogP contribution in [-0.2, 0) is 12.8 Å². The van der Waals surface area contributed by atoms with Crippen molar-refractivity contribution in [3.8, 4) is 0 Å². The molecule has 0 heterocycles. The molecule has 1 aliphatic rings. The summed E-state index contributed by atoms with van der Waals surface area (Å²) in [5.41, 5.74) is 3.89. The van der Waals surface area contributed by atoms with E-state index >= 15 is 0 Å². The van der Waals surface area contributed by atoms with Crippen molar-refractivity contribution in [1.29, 1.82) is 0 Å². The van der Waals surface area contributed by atoms with Crippen LogP contribution in [0, 0.1) is 0 Å². The monoisotopic (exact) mass is 319 g/mol. The number of carbonyl (C=O) groups excluding carboxylic acids is 1. The van der Waals surface area contributed by atoms with Gasteiger partial charge in [0.25, 0.3) is 5.91 Å². The first kappa shape index (κ1) is 14.4. The van der Waals surface area contributed by atoms with Gasteiger partial charge in [0.15, 0.2) is 0 Å². The number of aryl methyl sites for hydroxylation is 2. The van der Waals surface area contributed by atoms with Crippen molar-refractivity contribution in [3.05, 3.63) is 63.1 Å². The van der Waals surface area contributed by atoms with Crippen LogP contribution in [0.5, 0.6) is 0 Å². The molecule has 108 valence electrons. The quantitative estimate of drug-likeness (QED) is 0.817. The minimum atomic E-state index is -0.146. The zero-order chi connectivity index (χ0) is 14.8. The van der Waals surface area contributed by atoms with Gasteiger partial charge < -0.3 is 5.32 Å². The zero-order valence-corrected chi connectivity index (χ0v) is 13.0. The third kappa shape index (κ3) is 3.22. The molecule has 2 aromatic carbocycles. The summed E-state index contributed by atoms with van der Waals surface area (Å²) in [6.07, 6.45) is 4.60. The number of anilines is 1. The van der Waals surface area contributed by atoms with E-state index in [1.54, 1.807) is 18.2 Å². The number of rotatable bonds is 2. The van der Waals surface area contributed by atoms with Gasteiger partial charge in [0.1, 0.15) is 0 Å². The molecular formula is C17H15Cl2NO. The second-order valence-electron chi connectivity index (χ2n) is 5.27. The predicted molar refractivity (Wildman–Crippen MR) is 87.5 cm³/mol. The summed E-state index contributed by atoms with van der Waals surface area (Å²) >= 11 is 11.9. The summed E-state index contributed by atoms with van der Waals surface area (Å²) in [6, 6.07) is 11.0. The highest BCUT2D eigenvalue weighted by molar-refractivity contribution is 6.36. The first-order valence-corrected chi connectivity index (χ1v) is 7.77. The minimum absolute atomic E-state index is 0.146. The van der Waals surface area contributed by atoms with Gasteiger partial charge in [-0.1, -0.05) is 29.3 Å². The summed E-state index contributed by atoms with van der Waals surface area (Å²) < 4.78 is 0. The van der Waals surface area contributed by atoms with Crippen molar-refractivity contribution in [2.45, 2.75) is 25.7 Å². The topological polar surface area (TPSA) is 29.1 Å². The Bertz CT molecular complexity index is 697. The van der Waals surface area contributed by atoms with Crippen LogP contribution in [0.15, 0.2) is 36.4 Å². The van der Waals surface area contributed by atoms with E-state index in [0.29, 0.717) is 21.3 Å². The highest BCUT2D eigenvalue weighted by Gasteiger charge is 2.13. The van der Waals surface area contributed by atoms with E-state index in [4.69, 9.17) is 23.2 Å². The second-order valence-corrected chi connectivity index (χ2v) is 6.11. The van der Waals surface area contributed by atoms with E-state index in [1.165, 1.54) is 24.0 Å². The Balaban J connectivity index is 1.82. The van der Waals surface area contributed by atoms with Gasteiger partial charge in [0.05, 0.1) is 10.7 Å². The fourth-order valence-electron chi connectivity index (χ4n) is 2.66. The Kier molecular flexibility index (Phi) is 4.18. The van der Waals surface area contributed by atoms with Crippen LogP contribution in [0.1, 0.15) is 34.3 Å². The fraction of sp³-hybridized carbons (Fsp3) is 0.235. The smallest absolute Gasteiger partial charge is 0.255 e. The average molecular weight is 320 g/mol. The largest absolute Gasteiger partial charge is 0.321 e. The van der Waals surface area contributed by atoms with Crippen LogP contribution in [0.2, 0.25) is 10.0 Å². The van der Waals surface area contributed by atoms with Gasteiger partial charge in [0, 0.05) is 10.6 Å². The predicted octanol–water partition coefficient (Wildman–Crippen LogP) is 5.12. The van der Waals surface area contributed by atoms with Crippen LogP contribution >= 0.6 is 23.2 Å². The van der Waals surface area contributed by atoms with Gasteiger partial charge in [-0.05, 0) is 67.1 Å². The van der Waals surface area contributed by atoms with E-state index < -0.39 is 0 Å². The molecule has 2 nitrogen and oxygen atoms in total. The van der Waals surface area contributed by atoms with Gasteiger partial charge in [-0.2, -0.15) is 0 Å². The Morgan fingerprint density at radius 1 is 0.952 bits per heavy atom. The van der Waals surface area contributed by atoms with Crippen LogP contribution in [0.25, 0.3) is 0 Å². The number of hydrogen-bond acceptors (Lipinski definition) is 1. The maximum Gasteiger partial charge on any atom is 0.255 e. The number of carbonyl (C=O) groups is 1. The Morgan fingerprint density at radius 2 is 1.71 bits per heavy atom. The maximum atomic E-state index is 12.3. The first-order chi connectivity index (χ1) is 10.1. The molecule has 0 radical (unpaired) electrons. The van der Waals surface area contributed by atoms with E-state index in [2.05, 4.69) is 11.4 Å². The van der Waals surface area contributed by atoms with Crippen molar-refractivity contribution in [1.82, 2.24) is 0 Å². The van der Waals surface area contributed by atoms with Crippen molar-refractivity contribution in [3.63, 3.8) is 0 Å². The fourth-order valence-corrected chi connectivity index (χ4v) is 3.12. The van der Waals surface area contributed by atoms with Crippen molar-refractivity contribution >= 4 is 34.8 Å². The number of fused-ring (bicyclic) bond motifs is 1. The molecule has 3 rings (SSSR count). The molecule has 0 aromatic heterocycles. The molecule has 0 unspecified atom stereocenters. The van der Waals surface area contributed by atoms with E-state index in [-0.39, 0.29) is 5.91 Å². The van der Waals surface area contributed by atoms with Crippen molar-refractivity contribution < 1.29 is 4.79 Å². The van der Waals surface area contributed by atoms with Gasteiger partial charge in [-0.3, -0.25) is 4.79 Å². The molecule has 0 fully saturated rings. The summed E-state index contributed by atoms with van der Waals surface area (Å²) in [5, 5.41) is 3.82. The highest BCUT2D eigenvalue weighted by Crippen LogP contribution is 2.27. The molecule has 4 heteroatoms. The lowest BCUT2D eigenvalue weighted by Crippen LogP contribution is -2.14. The molecule has 0 bridgehead atoms. The average Bonchev–Trinajstić information content (AvgIpc) is 2.49. The van der Waals surface area contributed by atoms with E-state index in [1.807, 2.05) is 12.1 Å². The van der Waals surface area contributed by atoms with Gasteiger partial charge in [0.2, 0.25) is 0 Å². The molecule has 0 saturated carbocycles. The maximum absolute atomic E-state index is 12.3. The van der Waals surface area contributed by atoms with Crippen molar-refractivity contribution in [2.75, 3.05) is 5.32 Å². The van der Waals surface area contributed by atoms with E-state index in [9.17, 15) is 4.79 Å². The standard InChI is InChI=1S/C17H15Cl2NO/c18-14-7-8-16(15(19)10-14)20-17(21)13-6-5-11-3-1-2-4-12(11)9-13/h5-10H,1-4H2,(H,20,21). The van der Waals surface area contributed by atoms with Crippen LogP contribution in [-0.4, -0.2) is 5.91 Å². The molecule has 0 spiro atoms. The molecule has 1 N–H and O–H groups in total. The third-order valence-corrected chi connectivity index (χ3v) is 4.34. The zero-order valence-electron chi connectivity index (χ0n) is 11.5. The normalized spacial score (nSPS) is 13.6. The third-order valence-electron chi connectivity index (χ3n) is 3.79. The van der Waals surface area contributed by atoms with Crippen LogP contribution in [0.3, 0.4) is 0 Å². The lowest BCUT2D eigenvalue weighted by molar-refractivity contribution is 0.102. The number of hydrogen-bond donors (Lipinski definition) is 1. The summed E-state index contributed by atoms with van der Waals surface area (Å²) in [7, 11) is 0. The van der Waals surface area contributed by atoms with Crippen LogP contribution < -0.4 is 5.32 Å². The van der Waals surface area contributed by atoms with Gasteiger partial charge >= 0.3 is 0 Å². The molecule has 1 aliphatic carbocycles. The number of amides is 1. The van der Waals surface area contributed by atoms with Crippen molar-refractivity contribution in [2.24, 2.45) is 0 Å². The first-order valence-electron chi connectivity index (χ1n) is 7.02. The summed E-state index contributed by atoms with van der Waals surface area (Å²) in [5.74, 6) is -0.146. The van der Waals surface area contributed by atoms with Gasteiger partial charge in [-0.25, -0.2) is 0 Å². The lowest BCUT2D eigenvalue weighted by atomic mass is 9.90.